The fraction of sp³-hybridized carbons (Fsp3) is 0.235. The Bertz CT molecular complexity index is 817. The summed E-state index contributed by atoms with van der Waals surface area (Å²) < 4.78 is 24.7. The average molecular weight is 315 g/mol. The van der Waals surface area contributed by atoms with Crippen LogP contribution in [0.1, 0.15) is 0 Å². The number of pyridine rings is 1. The molecule has 2 aromatic heterocycles. The predicted molar refractivity (Wildman–Crippen MR) is 88.2 cm³/mol. The standard InChI is InChI=1S/C17H18FN3O2/c1-22-15-4-3-12(9-16(15)23-2)14-11-21-8-5-13(19-7-6-18)10-17(21)20-14/h3-5,8-11,19H,6-7H2,1-2H3. The normalized spacial score (nSPS) is 10.7. The topological polar surface area (TPSA) is 47.8 Å². The van der Waals surface area contributed by atoms with Crippen molar-refractivity contribution in [3.05, 3.63) is 42.7 Å². The molecule has 0 saturated heterocycles. The van der Waals surface area contributed by atoms with Gasteiger partial charge >= 0.3 is 0 Å². The summed E-state index contributed by atoms with van der Waals surface area (Å²) in [5.41, 5.74) is 3.40. The van der Waals surface area contributed by atoms with Crippen LogP contribution in [0.25, 0.3) is 16.9 Å². The van der Waals surface area contributed by atoms with Gasteiger partial charge in [0.05, 0.1) is 19.9 Å². The van der Waals surface area contributed by atoms with E-state index in [9.17, 15) is 4.39 Å². The van der Waals surface area contributed by atoms with Crippen molar-refractivity contribution in [1.82, 2.24) is 9.38 Å². The number of rotatable bonds is 6. The van der Waals surface area contributed by atoms with Crippen molar-refractivity contribution in [3.8, 4) is 22.8 Å². The lowest BCUT2D eigenvalue weighted by Crippen LogP contribution is -2.02. The smallest absolute Gasteiger partial charge is 0.161 e. The van der Waals surface area contributed by atoms with Gasteiger partial charge in [-0.1, -0.05) is 0 Å². The maximum atomic E-state index is 12.2. The summed E-state index contributed by atoms with van der Waals surface area (Å²) >= 11 is 0. The summed E-state index contributed by atoms with van der Waals surface area (Å²) in [6.45, 7) is -0.115. The van der Waals surface area contributed by atoms with E-state index in [0.29, 0.717) is 18.0 Å². The molecule has 0 unspecified atom stereocenters. The quantitative estimate of drug-likeness (QED) is 0.757. The summed E-state index contributed by atoms with van der Waals surface area (Å²) in [6.07, 6.45) is 3.84. The number of anilines is 1. The molecule has 0 aliphatic carbocycles. The van der Waals surface area contributed by atoms with Gasteiger partial charge in [-0.15, -0.1) is 0 Å². The van der Waals surface area contributed by atoms with E-state index in [1.165, 1.54) is 0 Å². The predicted octanol–water partition coefficient (Wildman–Crippen LogP) is 3.40. The number of aromatic nitrogens is 2. The van der Waals surface area contributed by atoms with E-state index in [4.69, 9.17) is 9.47 Å². The maximum Gasteiger partial charge on any atom is 0.161 e. The number of halogens is 1. The Kier molecular flexibility index (Phi) is 4.32. The van der Waals surface area contributed by atoms with Gasteiger partial charge in [-0.3, -0.25) is 0 Å². The molecular formula is C17H18FN3O2. The van der Waals surface area contributed by atoms with E-state index in [1.807, 2.05) is 47.1 Å². The number of hydrogen-bond acceptors (Lipinski definition) is 4. The molecule has 3 aromatic rings. The molecule has 0 amide bonds. The van der Waals surface area contributed by atoms with Crippen molar-refractivity contribution >= 4 is 11.3 Å². The monoisotopic (exact) mass is 315 g/mol. The van der Waals surface area contributed by atoms with Crippen LogP contribution in [0.5, 0.6) is 11.5 Å². The van der Waals surface area contributed by atoms with E-state index in [2.05, 4.69) is 10.3 Å². The molecule has 0 spiro atoms. The van der Waals surface area contributed by atoms with E-state index in [0.717, 1.165) is 22.6 Å². The molecule has 0 radical (unpaired) electrons. The van der Waals surface area contributed by atoms with Crippen molar-refractivity contribution in [2.24, 2.45) is 0 Å². The average Bonchev–Trinajstić information content (AvgIpc) is 3.02. The Labute approximate surface area is 133 Å². The number of alkyl halides is 1. The Balaban J connectivity index is 1.96. The van der Waals surface area contributed by atoms with Crippen molar-refractivity contribution in [2.45, 2.75) is 0 Å². The number of nitrogens with zero attached hydrogens (tertiary/aromatic N) is 2. The van der Waals surface area contributed by atoms with E-state index in [1.54, 1.807) is 14.2 Å². The highest BCUT2D eigenvalue weighted by molar-refractivity contribution is 5.67. The number of methoxy groups -OCH3 is 2. The van der Waals surface area contributed by atoms with Crippen LogP contribution in [0.4, 0.5) is 10.1 Å². The highest BCUT2D eigenvalue weighted by Gasteiger charge is 2.09. The molecule has 0 aliphatic heterocycles. The molecule has 0 bridgehead atoms. The molecule has 1 aromatic carbocycles. The molecule has 0 atom stereocenters. The first-order valence-electron chi connectivity index (χ1n) is 7.26. The van der Waals surface area contributed by atoms with Crippen molar-refractivity contribution in [2.75, 3.05) is 32.8 Å². The number of benzene rings is 1. The largest absolute Gasteiger partial charge is 0.493 e. The molecule has 0 aliphatic rings. The van der Waals surface area contributed by atoms with Gasteiger partial charge in [-0.2, -0.15) is 0 Å². The van der Waals surface area contributed by atoms with Crippen LogP contribution in [0.2, 0.25) is 0 Å². The highest BCUT2D eigenvalue weighted by atomic mass is 19.1. The lowest BCUT2D eigenvalue weighted by molar-refractivity contribution is 0.355. The molecular weight excluding hydrogens is 297 g/mol. The van der Waals surface area contributed by atoms with Crippen LogP contribution >= 0.6 is 0 Å². The Morgan fingerprint density at radius 1 is 1.13 bits per heavy atom. The van der Waals surface area contributed by atoms with Crippen molar-refractivity contribution in [3.63, 3.8) is 0 Å². The lowest BCUT2D eigenvalue weighted by atomic mass is 10.1. The number of hydrogen-bond donors (Lipinski definition) is 1. The van der Waals surface area contributed by atoms with Gasteiger partial charge < -0.3 is 19.2 Å². The number of fused-ring (bicyclic) bond motifs is 1. The van der Waals surface area contributed by atoms with E-state index >= 15 is 0 Å². The van der Waals surface area contributed by atoms with Gasteiger partial charge in [0, 0.05) is 36.3 Å². The van der Waals surface area contributed by atoms with E-state index < -0.39 is 6.67 Å². The minimum atomic E-state index is -0.406. The molecule has 3 rings (SSSR count). The first kappa shape index (κ1) is 15.1. The Morgan fingerprint density at radius 3 is 2.70 bits per heavy atom. The van der Waals surface area contributed by atoms with Crippen LogP contribution < -0.4 is 14.8 Å². The Morgan fingerprint density at radius 2 is 1.96 bits per heavy atom. The molecule has 5 nitrogen and oxygen atoms in total. The summed E-state index contributed by atoms with van der Waals surface area (Å²) in [6, 6.07) is 9.46. The second-order valence-electron chi connectivity index (χ2n) is 4.99. The molecule has 2 heterocycles. The van der Waals surface area contributed by atoms with Crippen LogP contribution in [0.15, 0.2) is 42.7 Å². The molecule has 120 valence electrons. The third-order valence-corrected chi connectivity index (χ3v) is 3.56. The van der Waals surface area contributed by atoms with Gasteiger partial charge in [0.25, 0.3) is 0 Å². The number of ether oxygens (including phenoxy) is 2. The van der Waals surface area contributed by atoms with Gasteiger partial charge in [0.15, 0.2) is 11.5 Å². The van der Waals surface area contributed by atoms with E-state index in [-0.39, 0.29) is 0 Å². The van der Waals surface area contributed by atoms with Crippen LogP contribution in [0.3, 0.4) is 0 Å². The van der Waals surface area contributed by atoms with Gasteiger partial charge in [-0.25, -0.2) is 9.37 Å². The Hall–Kier alpha value is -2.76. The second-order valence-corrected chi connectivity index (χ2v) is 4.99. The minimum Gasteiger partial charge on any atom is -0.493 e. The highest BCUT2D eigenvalue weighted by Crippen LogP contribution is 2.32. The van der Waals surface area contributed by atoms with Gasteiger partial charge in [-0.05, 0) is 24.3 Å². The molecule has 23 heavy (non-hydrogen) atoms. The maximum absolute atomic E-state index is 12.2. The molecule has 0 fully saturated rings. The first-order chi connectivity index (χ1) is 11.2. The summed E-state index contributed by atoms with van der Waals surface area (Å²) in [4.78, 5) is 4.62. The number of imidazole rings is 1. The zero-order valence-electron chi connectivity index (χ0n) is 13.0. The summed E-state index contributed by atoms with van der Waals surface area (Å²) in [5.74, 6) is 1.34. The van der Waals surface area contributed by atoms with Crippen LogP contribution in [0, 0.1) is 0 Å². The fourth-order valence-corrected chi connectivity index (χ4v) is 2.42. The van der Waals surface area contributed by atoms with Crippen molar-refractivity contribution < 1.29 is 13.9 Å². The SMILES string of the molecule is COc1ccc(-c2cn3ccc(NCCF)cc3n2)cc1OC. The van der Waals surface area contributed by atoms with Crippen LogP contribution in [-0.4, -0.2) is 36.8 Å². The van der Waals surface area contributed by atoms with Crippen LogP contribution in [-0.2, 0) is 0 Å². The summed E-state index contributed by atoms with van der Waals surface area (Å²) in [7, 11) is 3.21. The number of nitrogens with one attached hydrogen (secondary N) is 1. The zero-order chi connectivity index (χ0) is 16.2. The molecule has 6 heteroatoms. The van der Waals surface area contributed by atoms with Gasteiger partial charge in [0.1, 0.15) is 12.3 Å². The first-order valence-corrected chi connectivity index (χ1v) is 7.26. The molecule has 1 N–H and O–H groups in total. The van der Waals surface area contributed by atoms with Crippen molar-refractivity contribution in [1.29, 1.82) is 0 Å². The lowest BCUT2D eigenvalue weighted by Gasteiger charge is -2.08. The third-order valence-electron chi connectivity index (χ3n) is 3.56. The zero-order valence-corrected chi connectivity index (χ0v) is 13.0. The second kappa shape index (κ2) is 6.56. The third kappa shape index (κ3) is 3.06. The summed E-state index contributed by atoms with van der Waals surface area (Å²) in [5, 5.41) is 3.00. The minimum absolute atomic E-state index is 0.291. The molecule has 0 saturated carbocycles. The fourth-order valence-electron chi connectivity index (χ4n) is 2.42. The van der Waals surface area contributed by atoms with Gasteiger partial charge in [0.2, 0.25) is 0 Å².